The topological polar surface area (TPSA) is 20.2 Å². The molecule has 1 nitrogen and oxygen atoms in total. The Morgan fingerprint density at radius 1 is 1.50 bits per heavy atom. The maximum Gasteiger partial charge on any atom is 0.149 e. The molecule has 0 radical (unpaired) electrons. The molecule has 1 aliphatic carbocycles. The fourth-order valence-corrected chi connectivity index (χ4v) is 3.31. The number of hydrogen-bond acceptors (Lipinski definition) is 2. The third-order valence-electron chi connectivity index (χ3n) is 2.72. The molecule has 0 aromatic rings. The Bertz CT molecular complexity index is 280. The average Bonchev–Trinajstić information content (AvgIpc) is 2.55. The first-order valence-electron chi connectivity index (χ1n) is 4.31. The summed E-state index contributed by atoms with van der Waals surface area (Å²) in [6.45, 7) is 6.34. The van der Waals surface area contributed by atoms with Gasteiger partial charge in [-0.05, 0) is 18.9 Å². The molecule has 1 fully saturated rings. The predicted octanol–water partition coefficient (Wildman–Crippen LogP) is 2.33. The minimum absolute atomic E-state index is 0.0213. The van der Waals surface area contributed by atoms with Crippen LogP contribution in [0, 0.1) is 5.92 Å². The summed E-state index contributed by atoms with van der Waals surface area (Å²) in [6.07, 6.45) is 6.23. The molecule has 2 unspecified atom stereocenters. The van der Waals surface area contributed by atoms with E-state index >= 15 is 0 Å². The Morgan fingerprint density at radius 2 is 2.17 bits per heavy atom. The third kappa shape index (κ3) is 0.852. The average molecular weight is 182 g/mol. The summed E-state index contributed by atoms with van der Waals surface area (Å²) < 4.78 is -0.0213. The van der Waals surface area contributed by atoms with E-state index in [2.05, 4.69) is 26.0 Å². The molecular formula is C10H14OS. The van der Waals surface area contributed by atoms with Gasteiger partial charge in [-0.3, -0.25) is 0 Å². The van der Waals surface area contributed by atoms with Crippen molar-refractivity contribution < 1.29 is 5.11 Å². The van der Waals surface area contributed by atoms with Gasteiger partial charge in [0.25, 0.3) is 0 Å². The van der Waals surface area contributed by atoms with Gasteiger partial charge in [0.1, 0.15) is 4.93 Å². The molecule has 1 saturated heterocycles. The first kappa shape index (κ1) is 8.39. The number of allylic oxidation sites excluding steroid dienone is 2. The van der Waals surface area contributed by atoms with Crippen molar-refractivity contribution >= 4 is 11.8 Å². The molecule has 0 saturated carbocycles. The molecule has 1 N–H and O–H groups in total. The fourth-order valence-electron chi connectivity index (χ4n) is 1.86. The van der Waals surface area contributed by atoms with E-state index in [1.807, 2.05) is 13.0 Å². The van der Waals surface area contributed by atoms with Crippen LogP contribution in [0.3, 0.4) is 0 Å². The SMILES string of the molecule is CC1=CC2(O)SC2(C(C)C)C=C1. The van der Waals surface area contributed by atoms with Gasteiger partial charge in [0.15, 0.2) is 0 Å². The van der Waals surface area contributed by atoms with Crippen LogP contribution in [-0.4, -0.2) is 14.8 Å². The molecule has 2 rings (SSSR count). The second kappa shape index (κ2) is 2.18. The van der Waals surface area contributed by atoms with Crippen molar-refractivity contribution in [3.63, 3.8) is 0 Å². The fraction of sp³-hybridized carbons (Fsp3) is 0.600. The van der Waals surface area contributed by atoms with E-state index in [1.165, 1.54) is 5.57 Å². The number of hydrogen-bond donors (Lipinski definition) is 1. The van der Waals surface area contributed by atoms with Crippen LogP contribution in [0.15, 0.2) is 23.8 Å². The summed E-state index contributed by atoms with van der Waals surface area (Å²) in [4.78, 5) is -0.597. The highest BCUT2D eigenvalue weighted by Crippen LogP contribution is 2.69. The lowest BCUT2D eigenvalue weighted by molar-refractivity contribution is 0.180. The van der Waals surface area contributed by atoms with Crippen molar-refractivity contribution in [3.8, 4) is 0 Å². The number of fused-ring (bicyclic) bond motifs is 1. The van der Waals surface area contributed by atoms with Gasteiger partial charge < -0.3 is 5.11 Å². The van der Waals surface area contributed by atoms with Crippen LogP contribution in [0.4, 0.5) is 0 Å². The van der Waals surface area contributed by atoms with Crippen LogP contribution in [0.25, 0.3) is 0 Å². The summed E-state index contributed by atoms with van der Waals surface area (Å²) in [5.41, 5.74) is 1.17. The molecule has 0 bridgehead atoms. The Morgan fingerprint density at radius 3 is 2.67 bits per heavy atom. The van der Waals surface area contributed by atoms with Crippen LogP contribution in [0.2, 0.25) is 0 Å². The van der Waals surface area contributed by atoms with Gasteiger partial charge in [-0.15, -0.1) is 11.8 Å². The van der Waals surface area contributed by atoms with Gasteiger partial charge in [0.2, 0.25) is 0 Å². The van der Waals surface area contributed by atoms with E-state index in [1.54, 1.807) is 11.8 Å². The molecule has 0 aromatic carbocycles. The highest BCUT2D eigenvalue weighted by molar-refractivity contribution is 8.09. The lowest BCUT2D eigenvalue weighted by Crippen LogP contribution is -2.29. The minimum Gasteiger partial charge on any atom is -0.374 e. The molecule has 0 aromatic heterocycles. The van der Waals surface area contributed by atoms with Gasteiger partial charge >= 0.3 is 0 Å². The zero-order valence-corrected chi connectivity index (χ0v) is 8.48. The normalized spacial score (nSPS) is 44.2. The van der Waals surface area contributed by atoms with Crippen molar-refractivity contribution in [2.75, 3.05) is 0 Å². The maximum absolute atomic E-state index is 10.1. The van der Waals surface area contributed by atoms with Crippen LogP contribution < -0.4 is 0 Å². The van der Waals surface area contributed by atoms with Gasteiger partial charge in [-0.1, -0.05) is 31.6 Å². The minimum atomic E-state index is -0.597. The summed E-state index contributed by atoms with van der Waals surface area (Å²) in [6, 6.07) is 0. The van der Waals surface area contributed by atoms with Crippen molar-refractivity contribution in [3.05, 3.63) is 23.8 Å². The zero-order valence-electron chi connectivity index (χ0n) is 7.66. The third-order valence-corrected chi connectivity index (χ3v) is 4.54. The lowest BCUT2D eigenvalue weighted by Gasteiger charge is -2.20. The van der Waals surface area contributed by atoms with Gasteiger partial charge in [-0.25, -0.2) is 0 Å². The molecule has 2 atom stereocenters. The quantitative estimate of drug-likeness (QED) is 0.628. The molecule has 2 aliphatic rings. The number of aliphatic hydroxyl groups is 1. The standard InChI is InChI=1S/C10H14OS/c1-7(2)9-5-4-8(3)6-10(9,11)12-9/h4-7,11H,1-3H3. The second-order valence-corrected chi connectivity index (χ2v) is 5.47. The molecular weight excluding hydrogens is 168 g/mol. The Labute approximate surface area is 77.6 Å². The van der Waals surface area contributed by atoms with E-state index in [0.29, 0.717) is 5.92 Å². The summed E-state index contributed by atoms with van der Waals surface area (Å²) >= 11 is 1.65. The molecule has 66 valence electrons. The summed E-state index contributed by atoms with van der Waals surface area (Å²) in [7, 11) is 0. The summed E-state index contributed by atoms with van der Waals surface area (Å²) in [5, 5.41) is 10.1. The van der Waals surface area contributed by atoms with Crippen LogP contribution in [0.1, 0.15) is 20.8 Å². The molecule has 0 spiro atoms. The van der Waals surface area contributed by atoms with E-state index in [-0.39, 0.29) is 4.75 Å². The van der Waals surface area contributed by atoms with E-state index in [0.717, 1.165) is 0 Å². The van der Waals surface area contributed by atoms with E-state index < -0.39 is 4.93 Å². The second-order valence-electron chi connectivity index (χ2n) is 3.97. The van der Waals surface area contributed by atoms with Gasteiger partial charge in [0.05, 0.1) is 4.75 Å². The first-order valence-corrected chi connectivity index (χ1v) is 5.13. The molecule has 12 heavy (non-hydrogen) atoms. The van der Waals surface area contributed by atoms with Crippen LogP contribution in [-0.2, 0) is 0 Å². The monoisotopic (exact) mass is 182 g/mol. The van der Waals surface area contributed by atoms with E-state index in [4.69, 9.17) is 0 Å². The molecule has 0 amide bonds. The molecule has 1 heterocycles. The van der Waals surface area contributed by atoms with Crippen molar-refractivity contribution in [1.29, 1.82) is 0 Å². The Balaban J connectivity index is 2.35. The van der Waals surface area contributed by atoms with Crippen molar-refractivity contribution in [2.45, 2.75) is 30.5 Å². The molecule has 2 heteroatoms. The van der Waals surface area contributed by atoms with Crippen LogP contribution in [0.5, 0.6) is 0 Å². The van der Waals surface area contributed by atoms with E-state index in [9.17, 15) is 5.11 Å². The lowest BCUT2D eigenvalue weighted by atomic mass is 9.85. The Hall–Kier alpha value is -0.210. The molecule has 1 aliphatic heterocycles. The van der Waals surface area contributed by atoms with Crippen molar-refractivity contribution in [1.82, 2.24) is 0 Å². The zero-order chi connectivity index (χ0) is 8.98. The van der Waals surface area contributed by atoms with Gasteiger partial charge in [0, 0.05) is 0 Å². The number of rotatable bonds is 1. The highest BCUT2D eigenvalue weighted by atomic mass is 32.2. The largest absolute Gasteiger partial charge is 0.374 e. The smallest absolute Gasteiger partial charge is 0.149 e. The summed E-state index contributed by atoms with van der Waals surface area (Å²) in [5.74, 6) is 0.494. The maximum atomic E-state index is 10.1. The first-order chi connectivity index (χ1) is 5.50. The number of thioether (sulfide) groups is 1. The van der Waals surface area contributed by atoms with Crippen LogP contribution >= 0.6 is 11.8 Å². The van der Waals surface area contributed by atoms with Crippen molar-refractivity contribution in [2.24, 2.45) is 5.92 Å². The highest BCUT2D eigenvalue weighted by Gasteiger charge is 2.68. The Kier molecular flexibility index (Phi) is 1.52. The van der Waals surface area contributed by atoms with Gasteiger partial charge in [-0.2, -0.15) is 0 Å². The predicted molar refractivity (Wildman–Crippen MR) is 53.0 cm³/mol.